The Morgan fingerprint density at radius 2 is 1.94 bits per heavy atom. The van der Waals surface area contributed by atoms with Crippen LogP contribution in [0.25, 0.3) is 0 Å². The van der Waals surface area contributed by atoms with Crippen LogP contribution in [0.2, 0.25) is 5.02 Å². The predicted octanol–water partition coefficient (Wildman–Crippen LogP) is 2.53. The van der Waals surface area contributed by atoms with Crippen molar-refractivity contribution in [3.05, 3.63) is 34.6 Å². The Morgan fingerprint density at radius 3 is 2.65 bits per heavy atom. The first-order valence-corrected chi connectivity index (χ1v) is 13.7. The molecule has 0 aliphatic carbocycles. The van der Waals surface area contributed by atoms with E-state index in [-0.39, 0.29) is 42.4 Å². The highest BCUT2D eigenvalue weighted by Gasteiger charge is 2.36. The molecular formula is C20H27ClFN3O4S2. The number of hydrogen-bond acceptors (Lipinski definition) is 5. The van der Waals surface area contributed by atoms with Crippen molar-refractivity contribution in [3.63, 3.8) is 0 Å². The number of nitrogens with zero attached hydrogens (tertiary/aromatic N) is 2. The predicted molar refractivity (Wildman–Crippen MR) is 121 cm³/mol. The second-order valence-corrected chi connectivity index (χ2v) is 11.5. The standard InChI is InChI=1S/C20H27ClFN3O4S2/c21-16-4-3-5-17(22)15(16)14-30-11-7-23-19(26)18-6-1-2-8-25(18)20(27)24-9-12-31(28,29)13-10-24/h3-5,18H,1-2,6-14H2,(H,23,26)/t18-/m1/s1. The highest BCUT2D eigenvalue weighted by Crippen LogP contribution is 2.24. The van der Waals surface area contributed by atoms with Crippen LogP contribution in [0.1, 0.15) is 24.8 Å². The highest BCUT2D eigenvalue weighted by molar-refractivity contribution is 7.98. The van der Waals surface area contributed by atoms with E-state index in [9.17, 15) is 22.4 Å². The summed E-state index contributed by atoms with van der Waals surface area (Å²) >= 11 is 7.49. The van der Waals surface area contributed by atoms with Crippen molar-refractivity contribution in [2.45, 2.75) is 31.1 Å². The Kier molecular flexibility index (Phi) is 8.46. The molecule has 2 saturated heterocycles. The number of rotatable bonds is 6. The molecular weight excluding hydrogens is 465 g/mol. The number of urea groups is 1. The maximum Gasteiger partial charge on any atom is 0.320 e. The van der Waals surface area contributed by atoms with Crippen molar-refractivity contribution in [2.75, 3.05) is 43.4 Å². The molecule has 172 valence electrons. The minimum atomic E-state index is -3.08. The summed E-state index contributed by atoms with van der Waals surface area (Å²) in [5.74, 6) is 0.376. The summed E-state index contributed by atoms with van der Waals surface area (Å²) in [6.07, 6.45) is 2.26. The van der Waals surface area contributed by atoms with Gasteiger partial charge in [0.05, 0.1) is 11.5 Å². The number of piperidine rings is 1. The molecule has 1 atom stereocenters. The maximum atomic E-state index is 13.8. The Morgan fingerprint density at radius 1 is 1.19 bits per heavy atom. The normalized spacial score (nSPS) is 21.0. The van der Waals surface area contributed by atoms with E-state index in [0.29, 0.717) is 41.6 Å². The first-order chi connectivity index (χ1) is 14.8. The lowest BCUT2D eigenvalue weighted by Crippen LogP contribution is -2.57. The minimum absolute atomic E-state index is 0.0350. The first-order valence-electron chi connectivity index (χ1n) is 10.3. The van der Waals surface area contributed by atoms with E-state index in [1.54, 1.807) is 17.0 Å². The summed E-state index contributed by atoms with van der Waals surface area (Å²) in [4.78, 5) is 28.7. The molecule has 2 aliphatic heterocycles. The molecule has 1 N–H and O–H groups in total. The van der Waals surface area contributed by atoms with Gasteiger partial charge in [-0.05, 0) is 31.4 Å². The van der Waals surface area contributed by atoms with Crippen molar-refractivity contribution >= 4 is 45.1 Å². The average molecular weight is 492 g/mol. The Balaban J connectivity index is 1.47. The number of carbonyl (C=O) groups is 2. The Labute approximate surface area is 191 Å². The van der Waals surface area contributed by atoms with Crippen LogP contribution in [0.15, 0.2) is 18.2 Å². The summed E-state index contributed by atoms with van der Waals surface area (Å²) in [6.45, 7) is 1.22. The number of benzene rings is 1. The molecule has 3 amide bonds. The van der Waals surface area contributed by atoms with Gasteiger partial charge in [-0.3, -0.25) is 4.79 Å². The second kappa shape index (κ2) is 10.9. The fraction of sp³-hybridized carbons (Fsp3) is 0.600. The lowest BCUT2D eigenvalue weighted by molar-refractivity contribution is -0.126. The number of carbonyl (C=O) groups excluding carboxylic acids is 2. The van der Waals surface area contributed by atoms with E-state index in [1.807, 2.05) is 0 Å². The van der Waals surface area contributed by atoms with Gasteiger partial charge in [-0.2, -0.15) is 11.8 Å². The van der Waals surface area contributed by atoms with Gasteiger partial charge in [0.25, 0.3) is 0 Å². The number of thioether (sulfide) groups is 1. The lowest BCUT2D eigenvalue weighted by atomic mass is 10.0. The topological polar surface area (TPSA) is 86.8 Å². The number of nitrogens with one attached hydrogen (secondary N) is 1. The van der Waals surface area contributed by atoms with Crippen molar-refractivity contribution in [3.8, 4) is 0 Å². The Bertz CT molecular complexity index is 881. The Hall–Kier alpha value is -1.52. The fourth-order valence-corrected chi connectivity index (χ4v) is 6.13. The van der Waals surface area contributed by atoms with Crippen molar-refractivity contribution in [1.82, 2.24) is 15.1 Å². The molecule has 0 saturated carbocycles. The van der Waals surface area contributed by atoms with Gasteiger partial charge in [-0.1, -0.05) is 17.7 Å². The number of hydrogen-bond donors (Lipinski definition) is 1. The molecule has 2 aliphatic rings. The largest absolute Gasteiger partial charge is 0.353 e. The van der Waals surface area contributed by atoms with Crippen LogP contribution in [0.5, 0.6) is 0 Å². The maximum absolute atomic E-state index is 13.8. The second-order valence-electron chi connectivity index (χ2n) is 7.67. The highest BCUT2D eigenvalue weighted by atomic mass is 35.5. The SMILES string of the molecule is O=C(NCCSCc1c(F)cccc1Cl)[C@H]1CCCCN1C(=O)N1CCS(=O)(=O)CC1. The number of amides is 3. The van der Waals surface area contributed by atoms with Gasteiger partial charge < -0.3 is 15.1 Å². The monoisotopic (exact) mass is 491 g/mol. The van der Waals surface area contributed by atoms with Gasteiger partial charge >= 0.3 is 6.03 Å². The third kappa shape index (κ3) is 6.49. The van der Waals surface area contributed by atoms with Gasteiger partial charge in [0, 0.05) is 48.3 Å². The number of sulfone groups is 1. The molecule has 0 spiro atoms. The van der Waals surface area contributed by atoms with Gasteiger partial charge in [0.2, 0.25) is 5.91 Å². The third-order valence-corrected chi connectivity index (χ3v) is 8.47. The van der Waals surface area contributed by atoms with Crippen LogP contribution in [-0.2, 0) is 20.4 Å². The van der Waals surface area contributed by atoms with Crippen molar-refractivity contribution in [1.29, 1.82) is 0 Å². The molecule has 0 unspecified atom stereocenters. The lowest BCUT2D eigenvalue weighted by Gasteiger charge is -2.39. The minimum Gasteiger partial charge on any atom is -0.353 e. The van der Waals surface area contributed by atoms with E-state index >= 15 is 0 Å². The fourth-order valence-electron chi connectivity index (χ4n) is 3.73. The van der Waals surface area contributed by atoms with E-state index in [2.05, 4.69) is 5.32 Å². The molecule has 2 fully saturated rings. The number of halogens is 2. The van der Waals surface area contributed by atoms with Crippen LogP contribution >= 0.6 is 23.4 Å². The van der Waals surface area contributed by atoms with Crippen molar-refractivity contribution < 1.29 is 22.4 Å². The molecule has 0 aromatic heterocycles. The van der Waals surface area contributed by atoms with E-state index in [0.717, 1.165) is 12.8 Å². The van der Waals surface area contributed by atoms with Gasteiger partial charge in [0.15, 0.2) is 9.84 Å². The average Bonchev–Trinajstić information content (AvgIpc) is 2.74. The summed E-state index contributed by atoms with van der Waals surface area (Å²) in [7, 11) is -3.08. The summed E-state index contributed by atoms with van der Waals surface area (Å²) in [5, 5.41) is 3.26. The van der Waals surface area contributed by atoms with Crippen molar-refractivity contribution in [2.24, 2.45) is 0 Å². The molecule has 0 bridgehead atoms. The zero-order valence-corrected chi connectivity index (χ0v) is 19.6. The molecule has 1 aromatic rings. The molecule has 31 heavy (non-hydrogen) atoms. The van der Waals surface area contributed by atoms with Crippen LogP contribution in [-0.4, -0.2) is 79.6 Å². The van der Waals surface area contributed by atoms with Crippen LogP contribution < -0.4 is 5.32 Å². The molecule has 1 aromatic carbocycles. The van der Waals surface area contributed by atoms with Gasteiger partial charge in [-0.15, -0.1) is 0 Å². The molecule has 0 radical (unpaired) electrons. The molecule has 2 heterocycles. The zero-order valence-electron chi connectivity index (χ0n) is 17.2. The van der Waals surface area contributed by atoms with Gasteiger partial charge in [-0.25, -0.2) is 17.6 Å². The smallest absolute Gasteiger partial charge is 0.320 e. The molecule has 11 heteroatoms. The van der Waals surface area contributed by atoms with Crippen LogP contribution in [0, 0.1) is 5.82 Å². The summed E-state index contributed by atoms with van der Waals surface area (Å²) in [5.41, 5.74) is 0.452. The third-order valence-electron chi connectivity index (χ3n) is 5.52. The van der Waals surface area contributed by atoms with E-state index in [1.165, 1.54) is 22.7 Å². The molecule has 7 nitrogen and oxygen atoms in total. The van der Waals surface area contributed by atoms with Gasteiger partial charge in [0.1, 0.15) is 11.9 Å². The van der Waals surface area contributed by atoms with E-state index < -0.39 is 15.9 Å². The van der Waals surface area contributed by atoms with Crippen LogP contribution in [0.4, 0.5) is 9.18 Å². The summed E-state index contributed by atoms with van der Waals surface area (Å²) < 4.78 is 37.0. The first kappa shape index (κ1) is 24.1. The zero-order chi connectivity index (χ0) is 22.4. The quantitative estimate of drug-likeness (QED) is 0.618. The number of likely N-dealkylation sites (tertiary alicyclic amines) is 1. The molecule has 3 rings (SSSR count). The van der Waals surface area contributed by atoms with Crippen LogP contribution in [0.3, 0.4) is 0 Å². The summed E-state index contributed by atoms with van der Waals surface area (Å²) in [6, 6.07) is 3.76. The van der Waals surface area contributed by atoms with E-state index in [4.69, 9.17) is 11.6 Å².